The zero-order valence-corrected chi connectivity index (χ0v) is 33.7. The zero-order valence-electron chi connectivity index (χ0n) is 33.7. The Kier molecular flexibility index (Phi) is 8.46. The van der Waals surface area contributed by atoms with Gasteiger partial charge in [0.15, 0.2) is 5.82 Å². The number of benzene rings is 9. The molecule has 4 nitrogen and oxygen atoms in total. The van der Waals surface area contributed by atoms with E-state index in [0.717, 1.165) is 50.5 Å². The summed E-state index contributed by atoms with van der Waals surface area (Å²) in [6.07, 6.45) is 0. The second kappa shape index (κ2) is 14.7. The number of para-hydroxylation sites is 3. The summed E-state index contributed by atoms with van der Waals surface area (Å²) in [5, 5.41) is 4.93. The van der Waals surface area contributed by atoms with E-state index in [1.165, 1.54) is 54.8 Å². The van der Waals surface area contributed by atoms with E-state index in [1.807, 2.05) is 12.1 Å². The highest BCUT2D eigenvalue weighted by Crippen LogP contribution is 2.39. The van der Waals surface area contributed by atoms with Crippen molar-refractivity contribution in [1.29, 1.82) is 0 Å². The van der Waals surface area contributed by atoms with Gasteiger partial charge in [0.25, 0.3) is 0 Å². The number of hydrogen-bond acceptors (Lipinski definition) is 2. The molecule has 0 radical (unpaired) electrons. The quantitative estimate of drug-likeness (QED) is 0.161. The van der Waals surface area contributed by atoms with Crippen molar-refractivity contribution >= 4 is 43.6 Å². The molecule has 0 aliphatic rings. The average Bonchev–Trinajstić information content (AvgIpc) is 3.87. The van der Waals surface area contributed by atoms with Crippen molar-refractivity contribution < 1.29 is 0 Å². The molecule has 62 heavy (non-hydrogen) atoms. The Labute approximate surface area is 359 Å². The van der Waals surface area contributed by atoms with Crippen molar-refractivity contribution in [3.8, 4) is 67.5 Å². The fourth-order valence-electron chi connectivity index (χ4n) is 9.14. The van der Waals surface area contributed by atoms with Gasteiger partial charge in [0.1, 0.15) is 0 Å². The minimum absolute atomic E-state index is 0.691. The maximum absolute atomic E-state index is 5.17. The molecule has 0 aliphatic carbocycles. The van der Waals surface area contributed by atoms with Crippen molar-refractivity contribution in [1.82, 2.24) is 19.1 Å². The van der Waals surface area contributed by atoms with E-state index < -0.39 is 0 Å². The van der Waals surface area contributed by atoms with Gasteiger partial charge in [0.05, 0.1) is 33.5 Å². The van der Waals surface area contributed by atoms with Crippen LogP contribution in [-0.2, 0) is 0 Å². The monoisotopic (exact) mass is 790 g/mol. The second-order valence-corrected chi connectivity index (χ2v) is 15.8. The number of fused-ring (bicyclic) bond motifs is 6. The van der Waals surface area contributed by atoms with Gasteiger partial charge in [-0.05, 0) is 101 Å². The van der Waals surface area contributed by atoms with Crippen LogP contribution in [0.1, 0.15) is 0 Å². The average molecular weight is 791 g/mol. The molecule has 0 fully saturated rings. The van der Waals surface area contributed by atoms with Crippen LogP contribution in [0.25, 0.3) is 111 Å². The van der Waals surface area contributed by atoms with Gasteiger partial charge in [-0.1, -0.05) is 152 Å². The molecular weight excluding hydrogens is 753 g/mol. The van der Waals surface area contributed by atoms with Gasteiger partial charge in [-0.25, -0.2) is 9.97 Å². The van der Waals surface area contributed by atoms with Gasteiger partial charge in [-0.3, -0.25) is 0 Å². The minimum Gasteiger partial charge on any atom is -0.309 e. The first-order valence-corrected chi connectivity index (χ1v) is 21.1. The van der Waals surface area contributed by atoms with E-state index in [0.29, 0.717) is 5.82 Å². The lowest BCUT2D eigenvalue weighted by Gasteiger charge is -2.12. The molecule has 290 valence electrons. The number of rotatable bonds is 7. The topological polar surface area (TPSA) is 35.6 Å². The lowest BCUT2D eigenvalue weighted by atomic mass is 10.0. The summed E-state index contributed by atoms with van der Waals surface area (Å²) < 4.78 is 4.74. The van der Waals surface area contributed by atoms with Crippen LogP contribution in [0.5, 0.6) is 0 Å². The first-order chi connectivity index (χ1) is 30.7. The van der Waals surface area contributed by atoms with Gasteiger partial charge >= 0.3 is 0 Å². The van der Waals surface area contributed by atoms with Crippen molar-refractivity contribution in [3.63, 3.8) is 0 Å². The lowest BCUT2D eigenvalue weighted by Crippen LogP contribution is -1.97. The summed E-state index contributed by atoms with van der Waals surface area (Å²) in [6, 6.07) is 82.1. The van der Waals surface area contributed by atoms with E-state index in [1.54, 1.807) is 0 Å². The fourth-order valence-corrected chi connectivity index (χ4v) is 9.14. The summed E-state index contributed by atoms with van der Waals surface area (Å²) >= 11 is 0. The van der Waals surface area contributed by atoms with Crippen LogP contribution >= 0.6 is 0 Å². The largest absolute Gasteiger partial charge is 0.309 e. The molecule has 0 bridgehead atoms. The highest BCUT2D eigenvalue weighted by Gasteiger charge is 2.17. The molecule has 0 N–H and O–H groups in total. The Morgan fingerprint density at radius 2 is 0.613 bits per heavy atom. The molecule has 0 saturated heterocycles. The van der Waals surface area contributed by atoms with E-state index in [9.17, 15) is 0 Å². The summed E-state index contributed by atoms with van der Waals surface area (Å²) in [7, 11) is 0. The predicted molar refractivity (Wildman–Crippen MR) is 258 cm³/mol. The maximum atomic E-state index is 5.17. The van der Waals surface area contributed by atoms with Crippen LogP contribution in [0.2, 0.25) is 0 Å². The second-order valence-electron chi connectivity index (χ2n) is 15.8. The van der Waals surface area contributed by atoms with E-state index in [-0.39, 0.29) is 0 Å². The van der Waals surface area contributed by atoms with E-state index in [4.69, 9.17) is 9.97 Å². The molecule has 0 aliphatic heterocycles. The van der Waals surface area contributed by atoms with Crippen LogP contribution in [0.15, 0.2) is 231 Å². The number of nitrogens with zero attached hydrogens (tertiary/aromatic N) is 4. The summed E-state index contributed by atoms with van der Waals surface area (Å²) in [5.74, 6) is 0.691. The third-order valence-corrected chi connectivity index (χ3v) is 12.2. The first kappa shape index (κ1) is 35.6. The Morgan fingerprint density at radius 3 is 1.16 bits per heavy atom. The van der Waals surface area contributed by atoms with E-state index >= 15 is 0 Å². The Bertz CT molecular complexity index is 3590. The molecule has 12 aromatic rings. The number of hydrogen-bond donors (Lipinski definition) is 0. The molecule has 0 atom stereocenters. The molecule has 3 heterocycles. The molecular formula is C58H38N4. The highest BCUT2D eigenvalue weighted by atomic mass is 15.0. The molecule has 3 aromatic heterocycles. The van der Waals surface area contributed by atoms with Crippen LogP contribution < -0.4 is 0 Å². The van der Waals surface area contributed by atoms with Crippen LogP contribution in [0.3, 0.4) is 0 Å². The van der Waals surface area contributed by atoms with Crippen LogP contribution in [0, 0.1) is 0 Å². The lowest BCUT2D eigenvalue weighted by molar-refractivity contribution is 1.16. The van der Waals surface area contributed by atoms with E-state index in [2.05, 4.69) is 228 Å². The molecule has 9 aromatic carbocycles. The van der Waals surface area contributed by atoms with Crippen molar-refractivity contribution in [3.05, 3.63) is 231 Å². The van der Waals surface area contributed by atoms with Gasteiger partial charge in [0.2, 0.25) is 0 Å². The van der Waals surface area contributed by atoms with Crippen LogP contribution in [-0.4, -0.2) is 19.1 Å². The van der Waals surface area contributed by atoms with Crippen molar-refractivity contribution in [2.45, 2.75) is 0 Å². The molecule has 0 unspecified atom stereocenters. The first-order valence-electron chi connectivity index (χ1n) is 21.1. The standard InChI is InChI=1S/C58H38N4/c1-4-14-39(15-5-1)40-24-26-42(27-25-40)53-38-52(41-16-6-2-7-17-41)59-58(60-53)43-28-32-47(33-29-43)62-55-23-13-11-21-49(55)51-37-45(31-35-57(51)62)44-30-34-56-50(36-44)48-20-10-12-22-54(48)61(56)46-18-8-3-9-19-46/h1-38H. The van der Waals surface area contributed by atoms with Gasteiger partial charge in [-0.2, -0.15) is 0 Å². The minimum atomic E-state index is 0.691. The molecule has 12 rings (SSSR count). The molecule has 0 spiro atoms. The summed E-state index contributed by atoms with van der Waals surface area (Å²) in [4.78, 5) is 10.3. The third kappa shape index (κ3) is 6.08. The molecule has 4 heteroatoms. The van der Waals surface area contributed by atoms with Crippen LogP contribution in [0.4, 0.5) is 0 Å². The van der Waals surface area contributed by atoms with Gasteiger partial charge in [0, 0.05) is 49.6 Å². The van der Waals surface area contributed by atoms with Gasteiger partial charge < -0.3 is 9.13 Å². The fraction of sp³-hybridized carbons (Fsp3) is 0. The summed E-state index contributed by atoms with van der Waals surface area (Å²) in [6.45, 7) is 0. The zero-order chi connectivity index (χ0) is 41.0. The maximum Gasteiger partial charge on any atom is 0.160 e. The Hall–Kier alpha value is -8.34. The predicted octanol–water partition coefficient (Wildman–Crippen LogP) is 15.0. The highest BCUT2D eigenvalue weighted by molar-refractivity contribution is 6.12. The smallest absolute Gasteiger partial charge is 0.160 e. The third-order valence-electron chi connectivity index (χ3n) is 12.2. The number of aromatic nitrogens is 4. The van der Waals surface area contributed by atoms with Crippen molar-refractivity contribution in [2.24, 2.45) is 0 Å². The Morgan fingerprint density at radius 1 is 0.242 bits per heavy atom. The van der Waals surface area contributed by atoms with Gasteiger partial charge in [-0.15, -0.1) is 0 Å². The SMILES string of the molecule is c1ccc(-c2ccc(-c3cc(-c4ccccc4)nc(-c4ccc(-n5c6ccccc6c6cc(-c7ccc8c(c7)c7ccccc7n8-c7ccccc7)ccc65)cc4)n3)cc2)cc1. The van der Waals surface area contributed by atoms with Crippen molar-refractivity contribution in [2.75, 3.05) is 0 Å². The normalized spacial score (nSPS) is 11.5. The Balaban J connectivity index is 0.930. The molecule has 0 amide bonds. The molecule has 0 saturated carbocycles. The summed E-state index contributed by atoms with van der Waals surface area (Å²) in [5.41, 5.74) is 16.6.